The van der Waals surface area contributed by atoms with Gasteiger partial charge in [0.15, 0.2) is 0 Å². The maximum atomic E-state index is 14.2. The Hall–Kier alpha value is -2.49. The molecule has 31 heavy (non-hydrogen) atoms. The monoisotopic (exact) mass is 432 g/mol. The molecule has 0 bridgehead atoms. The Kier molecular flexibility index (Phi) is 6.84. The van der Waals surface area contributed by atoms with Crippen LogP contribution in [0.5, 0.6) is 5.75 Å². The van der Waals surface area contributed by atoms with Crippen LogP contribution >= 0.6 is 0 Å². The number of hydrogen-bond donors (Lipinski definition) is 1. The molecule has 168 valence electrons. The topological polar surface area (TPSA) is 77.9 Å². The lowest BCUT2D eigenvalue weighted by Gasteiger charge is -2.39. The van der Waals surface area contributed by atoms with Crippen molar-refractivity contribution in [3.8, 4) is 5.75 Å². The summed E-state index contributed by atoms with van der Waals surface area (Å²) in [5.74, 6) is 0.271. The Bertz CT molecular complexity index is 878. The molecule has 1 aromatic carbocycles. The maximum Gasteiger partial charge on any atom is 0.249 e. The normalized spacial score (nSPS) is 23.9. The number of hydrogen-bond acceptors (Lipinski definition) is 6. The van der Waals surface area contributed by atoms with E-state index in [9.17, 15) is 9.18 Å². The van der Waals surface area contributed by atoms with Crippen LogP contribution in [0.3, 0.4) is 0 Å². The van der Waals surface area contributed by atoms with Gasteiger partial charge in [-0.3, -0.25) is 9.69 Å². The van der Waals surface area contributed by atoms with Gasteiger partial charge in [0.05, 0.1) is 26.7 Å². The molecular formula is C22H29FN4O4. The lowest BCUT2D eigenvalue weighted by atomic mass is 9.97. The Morgan fingerprint density at radius 3 is 3.16 bits per heavy atom. The van der Waals surface area contributed by atoms with E-state index >= 15 is 0 Å². The molecule has 2 aliphatic heterocycles. The SMILES string of the molecule is COc1ccc(F)c(CN2CCOC3(COC(C(=O)NCCCn4ccnc4)C3)C2)c1. The van der Waals surface area contributed by atoms with Crippen molar-refractivity contribution in [3.05, 3.63) is 48.3 Å². The van der Waals surface area contributed by atoms with Crippen LogP contribution in [0.2, 0.25) is 0 Å². The largest absolute Gasteiger partial charge is 0.497 e. The van der Waals surface area contributed by atoms with Gasteiger partial charge in [0.25, 0.3) is 0 Å². The fourth-order valence-electron chi connectivity index (χ4n) is 4.19. The number of nitrogens with zero attached hydrogens (tertiary/aromatic N) is 3. The van der Waals surface area contributed by atoms with Gasteiger partial charge in [-0.2, -0.15) is 0 Å². The van der Waals surface area contributed by atoms with Gasteiger partial charge in [-0.1, -0.05) is 0 Å². The summed E-state index contributed by atoms with van der Waals surface area (Å²) in [6.07, 6.45) is 6.18. The van der Waals surface area contributed by atoms with Crippen molar-refractivity contribution in [3.63, 3.8) is 0 Å². The van der Waals surface area contributed by atoms with E-state index in [2.05, 4.69) is 15.2 Å². The zero-order valence-corrected chi connectivity index (χ0v) is 17.8. The Labute approximate surface area is 181 Å². The minimum Gasteiger partial charge on any atom is -0.497 e. The number of methoxy groups -OCH3 is 1. The van der Waals surface area contributed by atoms with Crippen molar-refractivity contribution in [2.24, 2.45) is 0 Å². The average molecular weight is 432 g/mol. The zero-order valence-electron chi connectivity index (χ0n) is 17.8. The number of amides is 1. The molecule has 0 aliphatic carbocycles. The standard InChI is InChI=1S/C22H29FN4O4/c1-29-18-3-4-19(23)17(11-18)13-27-9-10-31-22(14-27)12-20(30-15-22)21(28)25-5-2-7-26-8-6-24-16-26/h3-4,6,8,11,16,20H,2,5,7,9-10,12-15H2,1H3,(H,25,28). The highest BCUT2D eigenvalue weighted by Gasteiger charge is 2.46. The maximum absolute atomic E-state index is 14.2. The first-order chi connectivity index (χ1) is 15.1. The molecule has 2 atom stereocenters. The number of imidazole rings is 1. The summed E-state index contributed by atoms with van der Waals surface area (Å²) in [6.45, 7) is 4.00. The second kappa shape index (κ2) is 9.76. The lowest BCUT2D eigenvalue weighted by molar-refractivity contribution is -0.130. The summed E-state index contributed by atoms with van der Waals surface area (Å²) in [7, 11) is 1.57. The molecule has 1 N–H and O–H groups in total. The fourth-order valence-corrected chi connectivity index (χ4v) is 4.19. The van der Waals surface area contributed by atoms with Crippen molar-refractivity contribution < 1.29 is 23.4 Å². The van der Waals surface area contributed by atoms with E-state index < -0.39 is 11.7 Å². The van der Waals surface area contributed by atoms with Crippen LogP contribution in [-0.2, 0) is 27.4 Å². The number of ether oxygens (including phenoxy) is 3. The van der Waals surface area contributed by atoms with Crippen molar-refractivity contribution in [2.75, 3.05) is 40.0 Å². The van der Waals surface area contributed by atoms with Crippen LogP contribution in [0.25, 0.3) is 0 Å². The van der Waals surface area contributed by atoms with E-state index in [1.807, 2.05) is 10.8 Å². The number of aryl methyl sites for hydroxylation is 1. The van der Waals surface area contributed by atoms with E-state index in [-0.39, 0.29) is 11.7 Å². The van der Waals surface area contributed by atoms with Crippen LogP contribution in [-0.4, -0.2) is 72.0 Å². The number of nitrogens with one attached hydrogen (secondary N) is 1. The first-order valence-electron chi connectivity index (χ1n) is 10.6. The first-order valence-corrected chi connectivity index (χ1v) is 10.6. The number of carbonyl (C=O) groups is 1. The minimum atomic E-state index is -0.535. The predicted molar refractivity (Wildman–Crippen MR) is 111 cm³/mol. The Morgan fingerprint density at radius 1 is 1.45 bits per heavy atom. The molecule has 0 radical (unpaired) electrons. The number of benzene rings is 1. The highest BCUT2D eigenvalue weighted by Crippen LogP contribution is 2.32. The summed E-state index contributed by atoms with van der Waals surface area (Å²) in [4.78, 5) is 18.7. The smallest absolute Gasteiger partial charge is 0.249 e. The molecule has 9 heteroatoms. The predicted octanol–water partition coefficient (Wildman–Crippen LogP) is 1.60. The van der Waals surface area contributed by atoms with Crippen molar-refractivity contribution >= 4 is 5.91 Å². The van der Waals surface area contributed by atoms with Gasteiger partial charge in [-0.05, 0) is 24.6 Å². The average Bonchev–Trinajstić information content (AvgIpc) is 3.43. The van der Waals surface area contributed by atoms with E-state index in [1.54, 1.807) is 31.8 Å². The molecule has 0 saturated carbocycles. The molecule has 2 unspecified atom stereocenters. The minimum absolute atomic E-state index is 0.109. The molecule has 2 aliphatic rings. The van der Waals surface area contributed by atoms with Crippen LogP contribution in [0, 0.1) is 5.82 Å². The van der Waals surface area contributed by atoms with E-state index in [1.165, 1.54) is 6.07 Å². The van der Waals surface area contributed by atoms with E-state index in [0.717, 1.165) is 13.0 Å². The van der Waals surface area contributed by atoms with Crippen LogP contribution in [0.15, 0.2) is 36.9 Å². The third-order valence-corrected chi connectivity index (χ3v) is 5.82. The van der Waals surface area contributed by atoms with Crippen LogP contribution in [0.1, 0.15) is 18.4 Å². The molecule has 3 heterocycles. The summed E-state index contributed by atoms with van der Waals surface area (Å²) < 4.78 is 33.3. The number of aromatic nitrogens is 2. The second-order valence-electron chi connectivity index (χ2n) is 8.15. The molecular weight excluding hydrogens is 403 g/mol. The summed E-state index contributed by atoms with van der Waals surface area (Å²) in [5.41, 5.74) is 0.0503. The van der Waals surface area contributed by atoms with Crippen LogP contribution in [0.4, 0.5) is 4.39 Å². The van der Waals surface area contributed by atoms with E-state index in [4.69, 9.17) is 14.2 Å². The Balaban J connectivity index is 1.27. The molecule has 1 spiro atoms. The number of rotatable bonds is 8. The summed E-state index contributed by atoms with van der Waals surface area (Å²) in [6, 6.07) is 4.77. The lowest BCUT2D eigenvalue weighted by Crippen LogP contribution is -2.52. The highest BCUT2D eigenvalue weighted by molar-refractivity contribution is 5.81. The third kappa shape index (κ3) is 5.41. The summed E-state index contributed by atoms with van der Waals surface area (Å²) >= 11 is 0. The molecule has 4 rings (SSSR count). The van der Waals surface area contributed by atoms with Crippen molar-refractivity contribution in [1.82, 2.24) is 19.8 Å². The fraction of sp³-hybridized carbons (Fsp3) is 0.545. The molecule has 2 saturated heterocycles. The number of carbonyl (C=O) groups excluding carboxylic acids is 1. The molecule has 2 fully saturated rings. The molecule has 8 nitrogen and oxygen atoms in total. The molecule has 1 aromatic heterocycles. The van der Waals surface area contributed by atoms with Crippen LogP contribution < -0.4 is 10.1 Å². The van der Waals surface area contributed by atoms with Gasteiger partial charge in [0, 0.05) is 57.1 Å². The van der Waals surface area contributed by atoms with Gasteiger partial charge in [0.1, 0.15) is 23.3 Å². The number of halogens is 1. The van der Waals surface area contributed by atoms with Gasteiger partial charge < -0.3 is 24.1 Å². The highest BCUT2D eigenvalue weighted by atomic mass is 19.1. The molecule has 2 aromatic rings. The van der Waals surface area contributed by atoms with Gasteiger partial charge >= 0.3 is 0 Å². The first kappa shape index (κ1) is 21.7. The van der Waals surface area contributed by atoms with Gasteiger partial charge in [0.2, 0.25) is 5.91 Å². The van der Waals surface area contributed by atoms with Gasteiger partial charge in [-0.15, -0.1) is 0 Å². The number of morpholine rings is 1. The van der Waals surface area contributed by atoms with Gasteiger partial charge in [-0.25, -0.2) is 9.37 Å². The van der Waals surface area contributed by atoms with E-state index in [0.29, 0.717) is 57.1 Å². The zero-order chi connectivity index (χ0) is 21.7. The van der Waals surface area contributed by atoms with Crippen molar-refractivity contribution in [1.29, 1.82) is 0 Å². The quantitative estimate of drug-likeness (QED) is 0.639. The third-order valence-electron chi connectivity index (χ3n) is 5.82. The molecule has 1 amide bonds. The summed E-state index contributed by atoms with van der Waals surface area (Å²) in [5, 5.41) is 2.95. The second-order valence-corrected chi connectivity index (χ2v) is 8.15. The van der Waals surface area contributed by atoms with Crippen molar-refractivity contribution in [2.45, 2.75) is 37.6 Å². The Morgan fingerprint density at radius 2 is 2.35 bits per heavy atom.